The van der Waals surface area contributed by atoms with Crippen LogP contribution in [0.3, 0.4) is 0 Å². The Bertz CT molecular complexity index is 2350. The Morgan fingerprint density at radius 3 is 2.44 bits per heavy atom. The summed E-state index contributed by atoms with van der Waals surface area (Å²) in [5.74, 6) is 2.83. The lowest BCUT2D eigenvalue weighted by molar-refractivity contribution is 0.484. The second-order valence-corrected chi connectivity index (χ2v) is 13.6. The first kappa shape index (κ1) is 26.0. The zero-order valence-corrected chi connectivity index (χ0v) is 25.6. The highest BCUT2D eigenvalue weighted by molar-refractivity contribution is 7.25. The van der Waals surface area contributed by atoms with Gasteiger partial charge in [0.2, 0.25) is 0 Å². The monoisotopic (exact) mass is 581 g/mol. The van der Waals surface area contributed by atoms with Crippen LogP contribution in [0.2, 0.25) is 0 Å². The maximum atomic E-state index is 6.52. The van der Waals surface area contributed by atoms with E-state index in [1.165, 1.54) is 16.5 Å². The highest BCUT2D eigenvalue weighted by Crippen LogP contribution is 2.43. The zero-order chi connectivity index (χ0) is 29.5. The third-order valence-corrected chi connectivity index (χ3v) is 9.34. The fourth-order valence-electron chi connectivity index (χ4n) is 5.95. The van der Waals surface area contributed by atoms with Gasteiger partial charge in [-0.1, -0.05) is 64.2 Å². The van der Waals surface area contributed by atoms with Crippen molar-refractivity contribution in [3.8, 4) is 17.3 Å². The predicted octanol–water partition coefficient (Wildman–Crippen LogP) is 10.9. The lowest BCUT2D eigenvalue weighted by Crippen LogP contribution is -2.10. The lowest BCUT2D eigenvalue weighted by atomic mass is 9.88. The fraction of sp³-hybridized carbons (Fsp3) is 0.189. The van der Waals surface area contributed by atoms with E-state index in [0.29, 0.717) is 5.92 Å². The van der Waals surface area contributed by atoms with Crippen LogP contribution in [-0.2, 0) is 5.41 Å². The molecule has 0 aliphatic heterocycles. The third-order valence-electron chi connectivity index (χ3n) is 8.33. The molecule has 5 nitrogen and oxygen atoms in total. The van der Waals surface area contributed by atoms with E-state index in [1.54, 1.807) is 11.3 Å². The van der Waals surface area contributed by atoms with E-state index in [0.717, 1.165) is 65.2 Å². The van der Waals surface area contributed by atoms with Gasteiger partial charge in [0.25, 0.3) is 0 Å². The molecule has 5 heterocycles. The number of nitrogens with zero attached hydrogens (tertiary/aromatic N) is 3. The van der Waals surface area contributed by atoms with E-state index in [4.69, 9.17) is 19.1 Å². The third kappa shape index (κ3) is 4.20. The van der Waals surface area contributed by atoms with E-state index in [9.17, 15) is 0 Å². The van der Waals surface area contributed by atoms with E-state index >= 15 is 0 Å². The number of para-hydroxylation sites is 1. The van der Waals surface area contributed by atoms with Crippen molar-refractivity contribution in [2.75, 3.05) is 0 Å². The molecule has 0 bridgehead atoms. The summed E-state index contributed by atoms with van der Waals surface area (Å²) in [5.41, 5.74) is 6.51. The van der Waals surface area contributed by atoms with Gasteiger partial charge in [0.1, 0.15) is 22.9 Å². The number of ether oxygens (including phenoxy) is 1. The molecule has 0 radical (unpaired) electrons. The minimum Gasteiger partial charge on any atom is -0.457 e. The number of thiophene rings is 1. The first-order valence-electron chi connectivity index (χ1n) is 14.7. The molecule has 212 valence electrons. The quantitative estimate of drug-likeness (QED) is 0.207. The van der Waals surface area contributed by atoms with Crippen LogP contribution in [0.25, 0.3) is 59.1 Å². The predicted molar refractivity (Wildman–Crippen MR) is 178 cm³/mol. The van der Waals surface area contributed by atoms with E-state index in [2.05, 4.69) is 99.8 Å². The van der Waals surface area contributed by atoms with Gasteiger partial charge in [-0.15, -0.1) is 0 Å². The van der Waals surface area contributed by atoms with E-state index in [1.807, 2.05) is 30.6 Å². The van der Waals surface area contributed by atoms with Crippen molar-refractivity contribution in [3.63, 3.8) is 0 Å². The number of furan rings is 1. The molecule has 0 aliphatic rings. The minimum absolute atomic E-state index is 0.0372. The van der Waals surface area contributed by atoms with Gasteiger partial charge in [0.15, 0.2) is 4.90 Å². The number of fused-ring (bicyclic) bond motifs is 8. The Morgan fingerprint density at radius 1 is 0.814 bits per heavy atom. The van der Waals surface area contributed by atoms with Gasteiger partial charge in [0.05, 0.1) is 26.6 Å². The maximum absolute atomic E-state index is 6.52. The summed E-state index contributed by atoms with van der Waals surface area (Å²) in [6.07, 6.45) is 3.90. The molecule has 0 atom stereocenters. The van der Waals surface area contributed by atoms with Crippen molar-refractivity contribution >= 4 is 64.6 Å². The Labute approximate surface area is 253 Å². The second-order valence-electron chi connectivity index (χ2n) is 12.6. The largest absolute Gasteiger partial charge is 0.457 e. The molecule has 0 amide bonds. The van der Waals surface area contributed by atoms with E-state index in [-0.39, 0.29) is 5.41 Å². The van der Waals surface area contributed by atoms with Crippen LogP contribution >= 0.6 is 11.3 Å². The minimum atomic E-state index is 0.0372. The topological polar surface area (TPSA) is 53.1 Å². The highest BCUT2D eigenvalue weighted by atomic mass is 32.1. The average molecular weight is 582 g/mol. The summed E-state index contributed by atoms with van der Waals surface area (Å²) in [7, 11) is 0. The summed E-state index contributed by atoms with van der Waals surface area (Å²) in [6, 6.07) is 27.3. The smallest absolute Gasteiger partial charge is 0.191 e. The van der Waals surface area contributed by atoms with Crippen molar-refractivity contribution in [2.45, 2.75) is 46.0 Å². The summed E-state index contributed by atoms with van der Waals surface area (Å²) >= 11 is 1.65. The first-order valence-corrected chi connectivity index (χ1v) is 15.5. The van der Waals surface area contributed by atoms with Gasteiger partial charge >= 0.3 is 0 Å². The standard InChI is InChI=1S/C37H31N3O2S/c1-21(2)22-14-15-38-33(16-22)40-29-9-7-6-8-26(29)27-12-10-25(19-30(27)40)41-24-11-13-31-28(18-24)34-35-32(43-36(34)42-31)17-23(20-39-35)37(3,4)5/h6-21H,1-5H3. The number of rotatable bonds is 4. The molecule has 0 spiro atoms. The van der Waals surface area contributed by atoms with Crippen LogP contribution in [0, 0.1) is 0 Å². The molecule has 0 aliphatic carbocycles. The summed E-state index contributed by atoms with van der Waals surface area (Å²) < 4.78 is 16.2. The maximum Gasteiger partial charge on any atom is 0.191 e. The molecule has 5 aromatic heterocycles. The molecule has 0 fully saturated rings. The number of aromatic nitrogens is 3. The fourth-order valence-corrected chi connectivity index (χ4v) is 7.02. The number of benzene rings is 3. The molecule has 0 unspecified atom stereocenters. The Kier molecular flexibility index (Phi) is 5.69. The van der Waals surface area contributed by atoms with Gasteiger partial charge in [0, 0.05) is 34.6 Å². The van der Waals surface area contributed by atoms with Crippen LogP contribution < -0.4 is 4.74 Å². The van der Waals surface area contributed by atoms with Crippen LogP contribution in [-0.4, -0.2) is 14.5 Å². The molecule has 3 aromatic carbocycles. The lowest BCUT2D eigenvalue weighted by Gasteiger charge is -2.18. The van der Waals surface area contributed by atoms with Crippen molar-refractivity contribution in [1.82, 2.24) is 14.5 Å². The van der Waals surface area contributed by atoms with Gasteiger partial charge in [-0.25, -0.2) is 4.98 Å². The van der Waals surface area contributed by atoms with Crippen LogP contribution in [0.4, 0.5) is 0 Å². The van der Waals surface area contributed by atoms with Crippen molar-refractivity contribution in [1.29, 1.82) is 0 Å². The van der Waals surface area contributed by atoms with Crippen LogP contribution in [0.1, 0.15) is 51.7 Å². The normalized spacial score (nSPS) is 12.5. The first-order chi connectivity index (χ1) is 20.7. The Balaban J connectivity index is 1.24. The molecular weight excluding hydrogens is 550 g/mol. The molecule has 0 saturated heterocycles. The SMILES string of the molecule is CC(C)c1ccnc(-n2c3ccccc3c3ccc(Oc4ccc5oc6sc7cc(C(C)(C)C)cnc7c6c5c4)cc32)c1. The molecule has 8 rings (SSSR count). The van der Waals surface area contributed by atoms with Crippen LogP contribution in [0.5, 0.6) is 11.5 Å². The molecular formula is C37H31N3O2S. The van der Waals surface area contributed by atoms with Gasteiger partial charge in [-0.2, -0.15) is 0 Å². The molecule has 8 aromatic rings. The van der Waals surface area contributed by atoms with Gasteiger partial charge < -0.3 is 9.15 Å². The summed E-state index contributed by atoms with van der Waals surface area (Å²) in [4.78, 5) is 10.6. The number of hydrogen-bond acceptors (Lipinski definition) is 5. The van der Waals surface area contributed by atoms with Gasteiger partial charge in [-0.05, 0) is 77.1 Å². The second kappa shape index (κ2) is 9.41. The molecule has 0 N–H and O–H groups in total. The van der Waals surface area contributed by atoms with Crippen molar-refractivity contribution in [2.24, 2.45) is 0 Å². The highest BCUT2D eigenvalue weighted by Gasteiger charge is 2.20. The Hall–Kier alpha value is -4.68. The Morgan fingerprint density at radius 2 is 1.60 bits per heavy atom. The molecule has 43 heavy (non-hydrogen) atoms. The average Bonchev–Trinajstić information content (AvgIpc) is 3.63. The summed E-state index contributed by atoms with van der Waals surface area (Å²) in [5, 5.41) is 4.42. The van der Waals surface area contributed by atoms with Gasteiger partial charge in [-0.3, -0.25) is 9.55 Å². The molecule has 6 heteroatoms. The zero-order valence-electron chi connectivity index (χ0n) is 24.8. The molecule has 0 saturated carbocycles. The van der Waals surface area contributed by atoms with E-state index < -0.39 is 0 Å². The van der Waals surface area contributed by atoms with Crippen LogP contribution in [0.15, 0.2) is 95.7 Å². The van der Waals surface area contributed by atoms with Crippen molar-refractivity contribution < 1.29 is 9.15 Å². The van der Waals surface area contributed by atoms with Crippen molar-refractivity contribution in [3.05, 3.63) is 102 Å². The number of pyridine rings is 2. The number of hydrogen-bond donors (Lipinski definition) is 0. The summed E-state index contributed by atoms with van der Waals surface area (Å²) in [6.45, 7) is 11.0.